The highest BCUT2D eigenvalue weighted by atomic mass is 35.5. The molecule has 1 aromatic rings. The lowest BCUT2D eigenvalue weighted by Gasteiger charge is -2.23. The van der Waals surface area contributed by atoms with Gasteiger partial charge in [-0.1, -0.05) is 12.1 Å². The third-order valence-corrected chi connectivity index (χ3v) is 2.92. The largest absolute Gasteiger partial charge is 0.323 e. The van der Waals surface area contributed by atoms with Gasteiger partial charge in [0.25, 0.3) is 0 Å². The summed E-state index contributed by atoms with van der Waals surface area (Å²) in [6, 6.07) is 7.27. The van der Waals surface area contributed by atoms with E-state index in [0.29, 0.717) is 5.69 Å². The van der Waals surface area contributed by atoms with Gasteiger partial charge in [0.2, 0.25) is 11.8 Å². The summed E-state index contributed by atoms with van der Waals surface area (Å²) in [5, 5.41) is 2.77. The molecule has 1 N–H and O–H groups in total. The predicted molar refractivity (Wildman–Crippen MR) is 76.8 cm³/mol. The van der Waals surface area contributed by atoms with Crippen LogP contribution in [0.25, 0.3) is 0 Å². The van der Waals surface area contributed by atoms with E-state index in [4.69, 9.17) is 0 Å². The number of rotatable bonds is 0. The molecule has 0 bridgehead atoms. The molecule has 0 aliphatic carbocycles. The van der Waals surface area contributed by atoms with E-state index < -0.39 is 5.41 Å². The van der Waals surface area contributed by atoms with Crippen molar-refractivity contribution in [2.75, 3.05) is 17.3 Å². The topological polar surface area (TPSA) is 49.4 Å². The molecule has 1 aromatic carbocycles. The Labute approximate surface area is 119 Å². The summed E-state index contributed by atoms with van der Waals surface area (Å²) >= 11 is 0. The van der Waals surface area contributed by atoms with Crippen molar-refractivity contribution in [1.82, 2.24) is 0 Å². The maximum absolute atomic E-state index is 12.1. The summed E-state index contributed by atoms with van der Waals surface area (Å²) in [4.78, 5) is 25.5. The monoisotopic (exact) mass is 290 g/mol. The number of para-hydroxylation sites is 2. The fourth-order valence-corrected chi connectivity index (χ4v) is 1.78. The summed E-state index contributed by atoms with van der Waals surface area (Å²) in [6.07, 6.45) is 0. The van der Waals surface area contributed by atoms with Crippen LogP contribution in [0.2, 0.25) is 0 Å². The van der Waals surface area contributed by atoms with Gasteiger partial charge >= 0.3 is 0 Å². The number of carbonyl (C=O) groups is 2. The average molecular weight is 291 g/mol. The molecule has 0 fully saturated rings. The van der Waals surface area contributed by atoms with Crippen LogP contribution in [0.3, 0.4) is 0 Å². The van der Waals surface area contributed by atoms with Crippen LogP contribution in [0.4, 0.5) is 11.4 Å². The lowest BCUT2D eigenvalue weighted by Crippen LogP contribution is -2.43. The zero-order chi connectivity index (χ0) is 11.9. The van der Waals surface area contributed by atoms with E-state index in [2.05, 4.69) is 5.32 Å². The molecule has 0 atom stereocenters. The summed E-state index contributed by atoms with van der Waals surface area (Å²) in [5.74, 6) is -0.468. The Morgan fingerprint density at radius 1 is 1.11 bits per heavy atom. The van der Waals surface area contributed by atoms with Crippen molar-refractivity contribution in [2.45, 2.75) is 13.8 Å². The molecule has 1 aliphatic rings. The van der Waals surface area contributed by atoms with Crippen molar-refractivity contribution >= 4 is 48.0 Å². The molecule has 100 valence electrons. The second-order valence-electron chi connectivity index (χ2n) is 4.46. The van der Waals surface area contributed by atoms with E-state index in [1.165, 1.54) is 4.90 Å². The van der Waals surface area contributed by atoms with Crippen molar-refractivity contribution in [1.29, 1.82) is 0 Å². The molecule has 0 unspecified atom stereocenters. The number of fused-ring (bicyclic) bond motifs is 1. The number of nitrogens with one attached hydrogen (secondary N) is 1. The predicted octanol–water partition coefficient (Wildman–Crippen LogP) is 2.47. The number of nitrogens with zero attached hydrogens (tertiary/aromatic N) is 1. The van der Waals surface area contributed by atoms with Gasteiger partial charge in [-0.3, -0.25) is 9.59 Å². The van der Waals surface area contributed by atoms with Gasteiger partial charge < -0.3 is 10.2 Å². The quantitative estimate of drug-likeness (QED) is 0.746. The van der Waals surface area contributed by atoms with Crippen molar-refractivity contribution in [3.05, 3.63) is 24.3 Å². The Balaban J connectivity index is 0.00000144. The molecule has 6 heteroatoms. The molecule has 2 rings (SSSR count). The SMILES string of the molecule is CN1C(=O)C(C)(C)C(=O)Nc2ccccc21.Cl.Cl. The molecule has 0 radical (unpaired) electrons. The minimum absolute atomic E-state index is 0. The van der Waals surface area contributed by atoms with Crippen molar-refractivity contribution in [3.8, 4) is 0 Å². The molecule has 1 aliphatic heterocycles. The summed E-state index contributed by atoms with van der Waals surface area (Å²) < 4.78 is 0. The molecule has 0 aromatic heterocycles. The first-order valence-corrected chi connectivity index (χ1v) is 5.13. The number of hydrogen-bond donors (Lipinski definition) is 1. The van der Waals surface area contributed by atoms with E-state index >= 15 is 0 Å². The van der Waals surface area contributed by atoms with Gasteiger partial charge in [-0.2, -0.15) is 0 Å². The van der Waals surface area contributed by atoms with E-state index in [-0.39, 0.29) is 36.6 Å². The van der Waals surface area contributed by atoms with Gasteiger partial charge in [0.1, 0.15) is 5.41 Å². The zero-order valence-corrected chi connectivity index (χ0v) is 12.0. The average Bonchev–Trinajstić information content (AvgIpc) is 2.32. The fraction of sp³-hybridized carbons (Fsp3) is 0.333. The van der Waals surface area contributed by atoms with Crippen LogP contribution in [0.15, 0.2) is 24.3 Å². The molecule has 0 saturated heterocycles. The van der Waals surface area contributed by atoms with Crippen LogP contribution in [0, 0.1) is 5.41 Å². The first kappa shape index (κ1) is 16.7. The van der Waals surface area contributed by atoms with Gasteiger partial charge in [-0.15, -0.1) is 24.8 Å². The van der Waals surface area contributed by atoms with Crippen LogP contribution >= 0.6 is 24.8 Å². The lowest BCUT2D eigenvalue weighted by atomic mass is 9.91. The van der Waals surface area contributed by atoms with E-state index in [1.54, 1.807) is 27.0 Å². The third kappa shape index (κ3) is 2.44. The Kier molecular flexibility index (Phi) is 5.20. The Morgan fingerprint density at radius 2 is 1.67 bits per heavy atom. The Hall–Kier alpha value is -1.26. The van der Waals surface area contributed by atoms with Gasteiger partial charge in [0.15, 0.2) is 0 Å². The van der Waals surface area contributed by atoms with E-state index in [1.807, 2.05) is 18.2 Å². The first-order valence-electron chi connectivity index (χ1n) is 5.13. The molecule has 1 heterocycles. The molecule has 0 spiro atoms. The third-order valence-electron chi connectivity index (χ3n) is 2.92. The second kappa shape index (κ2) is 5.59. The maximum atomic E-state index is 12.1. The van der Waals surface area contributed by atoms with Crippen LogP contribution in [-0.2, 0) is 9.59 Å². The second-order valence-corrected chi connectivity index (χ2v) is 4.46. The number of hydrogen-bond acceptors (Lipinski definition) is 2. The number of anilines is 2. The molecular weight excluding hydrogens is 275 g/mol. The van der Waals surface area contributed by atoms with Gasteiger partial charge in [0, 0.05) is 7.05 Å². The van der Waals surface area contributed by atoms with Crippen LogP contribution in [0.5, 0.6) is 0 Å². The van der Waals surface area contributed by atoms with Gasteiger partial charge in [-0.05, 0) is 26.0 Å². The van der Waals surface area contributed by atoms with Crippen molar-refractivity contribution in [2.24, 2.45) is 5.41 Å². The Bertz CT molecular complexity index is 475. The van der Waals surface area contributed by atoms with Crippen LogP contribution in [-0.4, -0.2) is 18.9 Å². The molecule has 4 nitrogen and oxygen atoms in total. The summed E-state index contributed by atoms with van der Waals surface area (Å²) in [7, 11) is 1.68. The fourth-order valence-electron chi connectivity index (χ4n) is 1.78. The number of amides is 2. The van der Waals surface area contributed by atoms with E-state index in [9.17, 15) is 9.59 Å². The minimum atomic E-state index is -1.03. The van der Waals surface area contributed by atoms with Crippen molar-refractivity contribution < 1.29 is 9.59 Å². The molecule has 18 heavy (non-hydrogen) atoms. The van der Waals surface area contributed by atoms with Crippen molar-refractivity contribution in [3.63, 3.8) is 0 Å². The molecule has 2 amide bonds. The highest BCUT2D eigenvalue weighted by Crippen LogP contribution is 2.33. The van der Waals surface area contributed by atoms with E-state index in [0.717, 1.165) is 5.69 Å². The first-order chi connectivity index (χ1) is 7.44. The van der Waals surface area contributed by atoms with Gasteiger partial charge in [0.05, 0.1) is 11.4 Å². The zero-order valence-electron chi connectivity index (χ0n) is 10.4. The highest BCUT2D eigenvalue weighted by molar-refractivity contribution is 6.18. The smallest absolute Gasteiger partial charge is 0.241 e. The number of carbonyl (C=O) groups excluding carboxylic acids is 2. The number of halogens is 2. The normalized spacial score (nSPS) is 16.7. The molecular formula is C12H16Cl2N2O2. The molecule has 0 saturated carbocycles. The summed E-state index contributed by atoms with van der Waals surface area (Å²) in [6.45, 7) is 3.26. The number of benzene rings is 1. The highest BCUT2D eigenvalue weighted by Gasteiger charge is 2.41. The van der Waals surface area contributed by atoms with Crippen LogP contribution < -0.4 is 10.2 Å². The van der Waals surface area contributed by atoms with Crippen LogP contribution in [0.1, 0.15) is 13.8 Å². The van der Waals surface area contributed by atoms with Gasteiger partial charge in [-0.25, -0.2) is 0 Å². The Morgan fingerprint density at radius 3 is 2.28 bits per heavy atom. The minimum Gasteiger partial charge on any atom is -0.323 e. The summed E-state index contributed by atoms with van der Waals surface area (Å²) in [5.41, 5.74) is 0.369. The lowest BCUT2D eigenvalue weighted by molar-refractivity contribution is -0.136. The standard InChI is InChI=1S/C12H14N2O2.2ClH/c1-12(2)10(15)13-8-6-4-5-7-9(8)14(3)11(12)16;;/h4-7H,1-3H3,(H,13,15);2*1H. The maximum Gasteiger partial charge on any atom is 0.241 e.